The fraction of sp³-hybridized carbons (Fsp3) is 0.923. The fourth-order valence-corrected chi connectivity index (χ4v) is 3.62. The van der Waals surface area contributed by atoms with Crippen LogP contribution in [0.2, 0.25) is 0 Å². The van der Waals surface area contributed by atoms with E-state index in [0.29, 0.717) is 17.2 Å². The highest BCUT2D eigenvalue weighted by molar-refractivity contribution is 5.80. The summed E-state index contributed by atoms with van der Waals surface area (Å²) in [6, 6.07) is 0. The minimum atomic E-state index is 0.374. The van der Waals surface area contributed by atoms with Gasteiger partial charge in [0.05, 0.1) is 0 Å². The highest BCUT2D eigenvalue weighted by Crippen LogP contribution is 2.40. The molecule has 0 radical (unpaired) electrons. The quantitative estimate of drug-likeness (QED) is 0.727. The molecule has 3 nitrogen and oxygen atoms in total. The average Bonchev–Trinajstić information content (AvgIpc) is 2.79. The van der Waals surface area contributed by atoms with E-state index < -0.39 is 0 Å². The predicted octanol–water partition coefficient (Wildman–Crippen LogP) is 1.39. The van der Waals surface area contributed by atoms with E-state index in [-0.39, 0.29) is 0 Å². The molecular weight excluding hydrogens is 200 g/mol. The lowest BCUT2D eigenvalue weighted by molar-refractivity contribution is -0.149. The molecule has 90 valence electrons. The van der Waals surface area contributed by atoms with Gasteiger partial charge < -0.3 is 10.2 Å². The Kier molecular flexibility index (Phi) is 2.66. The van der Waals surface area contributed by atoms with Crippen LogP contribution in [0.3, 0.4) is 0 Å². The summed E-state index contributed by atoms with van der Waals surface area (Å²) in [7, 11) is 0. The van der Waals surface area contributed by atoms with Crippen LogP contribution in [0.25, 0.3) is 0 Å². The third-order valence-corrected chi connectivity index (χ3v) is 4.73. The monoisotopic (exact) mass is 222 g/mol. The molecule has 1 N–H and O–H groups in total. The number of hydrogen-bond donors (Lipinski definition) is 1. The van der Waals surface area contributed by atoms with Crippen molar-refractivity contribution in [2.45, 2.75) is 38.5 Å². The largest absolute Gasteiger partial charge is 0.341 e. The van der Waals surface area contributed by atoms with Crippen LogP contribution in [0, 0.1) is 11.3 Å². The Balaban J connectivity index is 1.53. The first-order valence-corrected chi connectivity index (χ1v) is 6.79. The third-order valence-electron chi connectivity index (χ3n) is 4.73. The minimum Gasteiger partial charge on any atom is -0.341 e. The lowest BCUT2D eigenvalue weighted by atomic mass is 9.72. The summed E-state index contributed by atoms with van der Waals surface area (Å²) < 4.78 is 0. The molecule has 1 spiro atoms. The van der Waals surface area contributed by atoms with Crippen LogP contribution in [0.4, 0.5) is 0 Å². The molecule has 2 aliphatic heterocycles. The molecule has 3 fully saturated rings. The second kappa shape index (κ2) is 4.02. The smallest absolute Gasteiger partial charge is 0.225 e. The van der Waals surface area contributed by atoms with Crippen LogP contribution in [-0.2, 0) is 4.79 Å². The molecule has 1 amide bonds. The van der Waals surface area contributed by atoms with Crippen molar-refractivity contribution in [1.29, 1.82) is 0 Å². The summed E-state index contributed by atoms with van der Waals surface area (Å²) in [5, 5.41) is 3.40. The molecule has 3 rings (SSSR count). The summed E-state index contributed by atoms with van der Waals surface area (Å²) >= 11 is 0. The van der Waals surface area contributed by atoms with E-state index in [1.54, 1.807) is 0 Å². The van der Waals surface area contributed by atoms with E-state index in [4.69, 9.17) is 0 Å². The Morgan fingerprint density at radius 2 is 1.75 bits per heavy atom. The number of carbonyl (C=O) groups is 1. The average molecular weight is 222 g/mol. The molecule has 0 bridgehead atoms. The summed E-state index contributed by atoms with van der Waals surface area (Å²) in [6.07, 6.45) is 7.34. The Hall–Kier alpha value is -0.570. The number of piperidine rings is 1. The number of likely N-dealkylation sites (tertiary alicyclic amines) is 1. The van der Waals surface area contributed by atoms with E-state index in [0.717, 1.165) is 39.0 Å². The number of carbonyl (C=O) groups excluding carboxylic acids is 1. The normalized spacial score (nSPS) is 29.4. The van der Waals surface area contributed by atoms with Crippen molar-refractivity contribution in [2.75, 3.05) is 26.2 Å². The number of hydrogen-bond acceptors (Lipinski definition) is 2. The van der Waals surface area contributed by atoms with Gasteiger partial charge >= 0.3 is 0 Å². The maximum Gasteiger partial charge on any atom is 0.225 e. The Labute approximate surface area is 97.6 Å². The summed E-state index contributed by atoms with van der Waals surface area (Å²) in [5.74, 6) is 0.834. The van der Waals surface area contributed by atoms with Gasteiger partial charge in [0, 0.05) is 24.4 Å². The number of nitrogens with one attached hydrogen (secondary N) is 1. The Bertz CT molecular complexity index is 270. The van der Waals surface area contributed by atoms with Crippen molar-refractivity contribution < 1.29 is 4.79 Å². The van der Waals surface area contributed by atoms with Gasteiger partial charge in [0.25, 0.3) is 0 Å². The van der Waals surface area contributed by atoms with Crippen LogP contribution in [0.5, 0.6) is 0 Å². The number of rotatable bonds is 1. The molecule has 0 unspecified atom stereocenters. The maximum absolute atomic E-state index is 12.2. The van der Waals surface area contributed by atoms with E-state index in [9.17, 15) is 4.79 Å². The maximum atomic E-state index is 12.2. The molecular formula is C13H22N2O. The molecule has 0 atom stereocenters. The molecule has 0 aromatic carbocycles. The lowest BCUT2D eigenvalue weighted by Crippen LogP contribution is -2.62. The zero-order chi connectivity index (χ0) is 11.0. The van der Waals surface area contributed by atoms with Gasteiger partial charge in [0.15, 0.2) is 0 Å². The fourth-order valence-electron chi connectivity index (χ4n) is 3.62. The summed E-state index contributed by atoms with van der Waals surface area (Å²) in [6.45, 7) is 4.38. The van der Waals surface area contributed by atoms with Crippen molar-refractivity contribution >= 4 is 5.91 Å². The van der Waals surface area contributed by atoms with Gasteiger partial charge in [0.2, 0.25) is 5.91 Å². The van der Waals surface area contributed by atoms with Crippen molar-refractivity contribution in [1.82, 2.24) is 10.2 Å². The first kappa shape index (κ1) is 10.6. The predicted molar refractivity (Wildman–Crippen MR) is 63.1 cm³/mol. The topological polar surface area (TPSA) is 32.3 Å². The highest BCUT2D eigenvalue weighted by Gasteiger charge is 2.46. The van der Waals surface area contributed by atoms with Crippen molar-refractivity contribution in [3.63, 3.8) is 0 Å². The van der Waals surface area contributed by atoms with E-state index in [1.165, 1.54) is 25.7 Å². The molecule has 2 saturated heterocycles. The molecule has 1 aliphatic carbocycles. The third kappa shape index (κ3) is 1.75. The van der Waals surface area contributed by atoms with Gasteiger partial charge in [-0.2, -0.15) is 0 Å². The Morgan fingerprint density at radius 3 is 2.38 bits per heavy atom. The summed E-state index contributed by atoms with van der Waals surface area (Å²) in [4.78, 5) is 14.3. The molecule has 3 heteroatoms. The Morgan fingerprint density at radius 1 is 1.12 bits per heavy atom. The van der Waals surface area contributed by atoms with Crippen molar-refractivity contribution in [3.05, 3.63) is 0 Å². The van der Waals surface area contributed by atoms with Crippen LogP contribution >= 0.6 is 0 Å². The molecule has 2 heterocycles. The summed E-state index contributed by atoms with van der Waals surface area (Å²) in [5.41, 5.74) is 0.500. The molecule has 1 saturated carbocycles. The standard InChI is InChI=1S/C13H22N2O/c16-12(11-3-1-2-4-11)15-9-13(10-15)5-7-14-8-6-13/h11,14H,1-10H2. The van der Waals surface area contributed by atoms with Gasteiger partial charge in [0.1, 0.15) is 0 Å². The molecule has 3 aliphatic rings. The van der Waals surface area contributed by atoms with Gasteiger partial charge in [-0.3, -0.25) is 4.79 Å². The van der Waals surface area contributed by atoms with Crippen LogP contribution < -0.4 is 5.32 Å². The van der Waals surface area contributed by atoms with E-state index in [1.807, 2.05) is 0 Å². The van der Waals surface area contributed by atoms with Crippen LogP contribution in [0.15, 0.2) is 0 Å². The number of amides is 1. The van der Waals surface area contributed by atoms with Crippen LogP contribution in [0.1, 0.15) is 38.5 Å². The van der Waals surface area contributed by atoms with Gasteiger partial charge in [-0.1, -0.05) is 12.8 Å². The number of nitrogens with zero attached hydrogens (tertiary/aromatic N) is 1. The second-order valence-electron chi connectivity index (χ2n) is 5.93. The molecule has 16 heavy (non-hydrogen) atoms. The van der Waals surface area contributed by atoms with E-state index >= 15 is 0 Å². The first-order chi connectivity index (χ1) is 7.79. The van der Waals surface area contributed by atoms with Gasteiger partial charge in [-0.15, -0.1) is 0 Å². The molecule has 0 aromatic heterocycles. The van der Waals surface area contributed by atoms with Gasteiger partial charge in [-0.25, -0.2) is 0 Å². The SMILES string of the molecule is O=C(C1CCCC1)N1CC2(CCNCC2)C1. The lowest BCUT2D eigenvalue weighted by Gasteiger charge is -2.53. The zero-order valence-electron chi connectivity index (χ0n) is 10.0. The second-order valence-corrected chi connectivity index (χ2v) is 5.93. The molecule has 0 aromatic rings. The van der Waals surface area contributed by atoms with Gasteiger partial charge in [-0.05, 0) is 38.8 Å². The minimum absolute atomic E-state index is 0.374. The zero-order valence-corrected chi connectivity index (χ0v) is 10.0. The van der Waals surface area contributed by atoms with Crippen LogP contribution in [-0.4, -0.2) is 37.0 Å². The first-order valence-electron chi connectivity index (χ1n) is 6.79. The van der Waals surface area contributed by atoms with Crippen molar-refractivity contribution in [2.24, 2.45) is 11.3 Å². The highest BCUT2D eigenvalue weighted by atomic mass is 16.2. The van der Waals surface area contributed by atoms with Crippen molar-refractivity contribution in [3.8, 4) is 0 Å². The van der Waals surface area contributed by atoms with E-state index in [2.05, 4.69) is 10.2 Å².